The number of nitrogens with zero attached hydrogens (tertiary/aromatic N) is 1. The lowest BCUT2D eigenvalue weighted by molar-refractivity contribution is -0.117. The lowest BCUT2D eigenvalue weighted by Crippen LogP contribution is -2.20. The first-order valence-corrected chi connectivity index (χ1v) is 6.52. The van der Waals surface area contributed by atoms with E-state index in [2.05, 4.69) is 0 Å². The minimum Gasteiger partial charge on any atom is -0.458 e. The molecule has 0 atom stereocenters. The Bertz CT molecular complexity index is 699. The summed E-state index contributed by atoms with van der Waals surface area (Å²) in [7, 11) is 1.79. The van der Waals surface area contributed by atoms with Crippen molar-refractivity contribution in [3.05, 3.63) is 53.0 Å². The van der Waals surface area contributed by atoms with Crippen molar-refractivity contribution in [2.45, 2.75) is 19.8 Å². The molecule has 4 heteroatoms. The highest BCUT2D eigenvalue weighted by molar-refractivity contribution is 6.00. The van der Waals surface area contributed by atoms with Crippen LogP contribution in [0, 0.1) is 0 Å². The van der Waals surface area contributed by atoms with E-state index in [4.69, 9.17) is 4.42 Å². The second-order valence-corrected chi connectivity index (χ2v) is 5.09. The normalized spacial score (nSPS) is 13.7. The van der Waals surface area contributed by atoms with E-state index in [1.807, 2.05) is 24.3 Å². The Morgan fingerprint density at radius 3 is 2.80 bits per heavy atom. The summed E-state index contributed by atoms with van der Waals surface area (Å²) < 4.78 is 5.48. The molecule has 0 bridgehead atoms. The van der Waals surface area contributed by atoms with Crippen LogP contribution >= 0.6 is 0 Å². The highest BCUT2D eigenvalue weighted by Crippen LogP contribution is 2.29. The molecular weight excluding hydrogens is 254 g/mol. The number of hydrogen-bond donors (Lipinski definition) is 0. The topological polar surface area (TPSA) is 50.5 Å². The minimum absolute atomic E-state index is 0.0718. The van der Waals surface area contributed by atoms with Crippen molar-refractivity contribution in [1.82, 2.24) is 0 Å². The van der Waals surface area contributed by atoms with E-state index in [9.17, 15) is 9.59 Å². The number of anilines is 1. The van der Waals surface area contributed by atoms with Crippen LogP contribution in [-0.4, -0.2) is 18.7 Å². The van der Waals surface area contributed by atoms with Crippen molar-refractivity contribution in [2.24, 2.45) is 0 Å². The fraction of sp³-hybridized carbons (Fsp3) is 0.250. The molecule has 0 aliphatic carbocycles. The van der Waals surface area contributed by atoms with Crippen LogP contribution in [0.2, 0.25) is 0 Å². The molecule has 1 aliphatic rings. The van der Waals surface area contributed by atoms with Gasteiger partial charge in [0.15, 0.2) is 11.5 Å². The standard InChI is InChI=1S/C16H15NO3/c1-10(18)15-6-4-13(20-15)8-11-3-5-14-12(7-11)9-16(19)17(14)2/h3-7H,8-9H2,1-2H3. The Morgan fingerprint density at radius 2 is 2.10 bits per heavy atom. The number of amides is 1. The highest BCUT2D eigenvalue weighted by atomic mass is 16.3. The Balaban J connectivity index is 1.84. The number of benzene rings is 1. The SMILES string of the molecule is CC(=O)c1ccc(Cc2ccc3c(c2)CC(=O)N3C)o1. The van der Waals surface area contributed by atoms with Crippen LogP contribution in [0.5, 0.6) is 0 Å². The molecule has 20 heavy (non-hydrogen) atoms. The maximum absolute atomic E-state index is 11.6. The third-order valence-corrected chi connectivity index (χ3v) is 3.61. The van der Waals surface area contributed by atoms with Gasteiger partial charge in [-0.1, -0.05) is 12.1 Å². The first kappa shape index (κ1) is 12.7. The molecule has 2 aromatic rings. The number of furan rings is 1. The summed E-state index contributed by atoms with van der Waals surface area (Å²) in [5, 5.41) is 0. The monoisotopic (exact) mass is 269 g/mol. The van der Waals surface area contributed by atoms with Gasteiger partial charge >= 0.3 is 0 Å². The zero-order valence-electron chi connectivity index (χ0n) is 11.5. The summed E-state index contributed by atoms with van der Waals surface area (Å²) in [6.07, 6.45) is 1.08. The largest absolute Gasteiger partial charge is 0.458 e. The van der Waals surface area contributed by atoms with E-state index in [1.165, 1.54) is 6.92 Å². The van der Waals surface area contributed by atoms with Gasteiger partial charge in [0.25, 0.3) is 0 Å². The number of carbonyl (C=O) groups excluding carboxylic acids is 2. The average Bonchev–Trinajstić information content (AvgIpc) is 2.96. The maximum Gasteiger partial charge on any atom is 0.231 e. The van der Waals surface area contributed by atoms with Crippen LogP contribution in [0.3, 0.4) is 0 Å². The molecule has 0 N–H and O–H groups in total. The van der Waals surface area contributed by atoms with Gasteiger partial charge in [-0.25, -0.2) is 0 Å². The fourth-order valence-corrected chi connectivity index (χ4v) is 2.50. The second-order valence-electron chi connectivity index (χ2n) is 5.09. The van der Waals surface area contributed by atoms with Crippen molar-refractivity contribution in [3.63, 3.8) is 0 Å². The van der Waals surface area contributed by atoms with E-state index in [0.29, 0.717) is 18.6 Å². The Labute approximate surface area is 117 Å². The molecule has 4 nitrogen and oxygen atoms in total. The number of likely N-dealkylation sites (N-methyl/N-ethyl adjacent to an activating group) is 1. The maximum atomic E-state index is 11.6. The summed E-state index contributed by atoms with van der Waals surface area (Å²) in [4.78, 5) is 24.5. The molecule has 1 aromatic carbocycles. The van der Waals surface area contributed by atoms with Crippen LogP contribution < -0.4 is 4.90 Å². The first-order chi connectivity index (χ1) is 9.54. The lowest BCUT2D eigenvalue weighted by Gasteiger charge is -2.10. The van der Waals surface area contributed by atoms with E-state index >= 15 is 0 Å². The number of fused-ring (bicyclic) bond motifs is 1. The van der Waals surface area contributed by atoms with Crippen molar-refractivity contribution in [1.29, 1.82) is 0 Å². The van der Waals surface area contributed by atoms with Gasteiger partial charge in [-0.2, -0.15) is 0 Å². The van der Waals surface area contributed by atoms with E-state index in [1.54, 1.807) is 18.0 Å². The average molecular weight is 269 g/mol. The van der Waals surface area contributed by atoms with Crippen LogP contribution in [0.1, 0.15) is 34.4 Å². The van der Waals surface area contributed by atoms with Crippen molar-refractivity contribution < 1.29 is 14.0 Å². The van der Waals surface area contributed by atoms with Gasteiger partial charge in [0.05, 0.1) is 6.42 Å². The van der Waals surface area contributed by atoms with E-state index in [-0.39, 0.29) is 11.7 Å². The number of hydrogen-bond acceptors (Lipinski definition) is 3. The Kier molecular flexibility index (Phi) is 2.93. The molecule has 102 valence electrons. The zero-order chi connectivity index (χ0) is 14.3. The Hall–Kier alpha value is -2.36. The summed E-state index contributed by atoms with van der Waals surface area (Å²) in [6, 6.07) is 9.50. The van der Waals surface area contributed by atoms with E-state index < -0.39 is 0 Å². The predicted octanol–water partition coefficient (Wildman–Crippen LogP) is 2.59. The molecule has 0 fully saturated rings. The van der Waals surface area contributed by atoms with Gasteiger partial charge in [-0.15, -0.1) is 0 Å². The van der Waals surface area contributed by atoms with Crippen LogP contribution in [-0.2, 0) is 17.6 Å². The molecule has 0 saturated heterocycles. The van der Waals surface area contributed by atoms with Gasteiger partial charge in [-0.05, 0) is 29.3 Å². The first-order valence-electron chi connectivity index (χ1n) is 6.52. The smallest absolute Gasteiger partial charge is 0.231 e. The molecule has 1 aliphatic heterocycles. The van der Waals surface area contributed by atoms with Gasteiger partial charge in [0.2, 0.25) is 5.91 Å². The summed E-state index contributed by atoms with van der Waals surface area (Å²) in [6.45, 7) is 1.49. The Morgan fingerprint density at radius 1 is 1.30 bits per heavy atom. The van der Waals surface area contributed by atoms with Crippen LogP contribution in [0.25, 0.3) is 0 Å². The highest BCUT2D eigenvalue weighted by Gasteiger charge is 2.23. The third-order valence-electron chi connectivity index (χ3n) is 3.61. The molecule has 2 heterocycles. The molecule has 0 spiro atoms. The van der Waals surface area contributed by atoms with Crippen LogP contribution in [0.15, 0.2) is 34.7 Å². The van der Waals surface area contributed by atoms with E-state index in [0.717, 1.165) is 22.6 Å². The van der Waals surface area contributed by atoms with Gasteiger partial charge in [0, 0.05) is 26.1 Å². The number of rotatable bonds is 3. The van der Waals surface area contributed by atoms with Crippen LogP contribution in [0.4, 0.5) is 5.69 Å². The predicted molar refractivity (Wildman–Crippen MR) is 75.1 cm³/mol. The van der Waals surface area contributed by atoms with Crippen molar-refractivity contribution in [3.8, 4) is 0 Å². The fourth-order valence-electron chi connectivity index (χ4n) is 2.50. The quantitative estimate of drug-likeness (QED) is 0.805. The zero-order valence-corrected chi connectivity index (χ0v) is 11.5. The summed E-state index contributed by atoms with van der Waals surface area (Å²) in [5.41, 5.74) is 3.10. The van der Waals surface area contributed by atoms with Crippen molar-refractivity contribution >= 4 is 17.4 Å². The van der Waals surface area contributed by atoms with Gasteiger partial charge in [0.1, 0.15) is 5.76 Å². The molecule has 1 aromatic heterocycles. The minimum atomic E-state index is -0.0718. The summed E-state index contributed by atoms with van der Waals surface area (Å²) in [5.74, 6) is 1.19. The number of ketones is 1. The second kappa shape index (κ2) is 4.63. The van der Waals surface area contributed by atoms with Gasteiger partial charge in [-0.3, -0.25) is 9.59 Å². The summed E-state index contributed by atoms with van der Waals surface area (Å²) >= 11 is 0. The molecule has 0 saturated carbocycles. The number of Topliss-reactive ketones (excluding diaryl/α,β-unsaturated/α-hetero) is 1. The van der Waals surface area contributed by atoms with Gasteiger partial charge < -0.3 is 9.32 Å². The van der Waals surface area contributed by atoms with Crippen molar-refractivity contribution in [2.75, 3.05) is 11.9 Å². The number of carbonyl (C=O) groups is 2. The molecule has 1 amide bonds. The molecular formula is C16H15NO3. The molecule has 0 unspecified atom stereocenters. The third kappa shape index (κ3) is 2.13. The lowest BCUT2D eigenvalue weighted by atomic mass is 10.0. The molecule has 3 rings (SSSR count). The molecule has 0 radical (unpaired) electrons.